The number of hydrogen-bond acceptors (Lipinski definition) is 3. The molecule has 0 spiro atoms. The van der Waals surface area contributed by atoms with Crippen molar-refractivity contribution >= 4 is 5.78 Å². The Kier molecular flexibility index (Phi) is 4.79. The number of aromatic nitrogens is 2. The van der Waals surface area contributed by atoms with Crippen LogP contribution in [-0.4, -0.2) is 15.8 Å². The van der Waals surface area contributed by atoms with Gasteiger partial charge in [0.05, 0.1) is 5.69 Å². The fourth-order valence-corrected chi connectivity index (χ4v) is 2.61. The third kappa shape index (κ3) is 3.85. The molecule has 1 aromatic carbocycles. The van der Waals surface area contributed by atoms with Crippen LogP contribution < -0.4 is 5.56 Å². The van der Waals surface area contributed by atoms with Gasteiger partial charge in [0, 0.05) is 36.4 Å². The first-order valence-corrected chi connectivity index (χ1v) is 7.62. The van der Waals surface area contributed by atoms with Crippen molar-refractivity contribution in [3.05, 3.63) is 99.7 Å². The van der Waals surface area contributed by atoms with Gasteiger partial charge >= 0.3 is 0 Å². The molecule has 4 nitrogen and oxygen atoms in total. The normalized spacial score (nSPS) is 11.9. The molecule has 1 N–H and O–H groups in total. The average molecular weight is 340 g/mol. The summed E-state index contributed by atoms with van der Waals surface area (Å²) < 4.78 is 27.4. The van der Waals surface area contributed by atoms with E-state index in [1.807, 2.05) is 0 Å². The topological polar surface area (TPSA) is 62.8 Å². The number of nitrogens with one attached hydrogen (secondary N) is 1. The van der Waals surface area contributed by atoms with Crippen molar-refractivity contribution in [2.75, 3.05) is 0 Å². The van der Waals surface area contributed by atoms with E-state index in [-0.39, 0.29) is 23.5 Å². The van der Waals surface area contributed by atoms with E-state index in [2.05, 4.69) is 9.97 Å². The molecule has 2 heterocycles. The number of ketones is 1. The number of aromatic amines is 1. The molecule has 3 aromatic rings. The molecule has 0 unspecified atom stereocenters. The van der Waals surface area contributed by atoms with Gasteiger partial charge in [-0.05, 0) is 35.9 Å². The lowest BCUT2D eigenvalue weighted by Gasteiger charge is -2.17. The molecule has 3 rings (SSSR count). The molecule has 0 saturated heterocycles. The number of H-pyrrole nitrogens is 1. The molecule has 0 radical (unpaired) electrons. The molecular formula is C19H14F2N2O2. The van der Waals surface area contributed by atoms with Crippen molar-refractivity contribution in [1.29, 1.82) is 0 Å². The van der Waals surface area contributed by atoms with Crippen molar-refractivity contribution in [2.45, 2.75) is 12.3 Å². The van der Waals surface area contributed by atoms with Gasteiger partial charge < -0.3 is 4.98 Å². The molecule has 0 bridgehead atoms. The van der Waals surface area contributed by atoms with E-state index in [4.69, 9.17) is 0 Å². The Labute approximate surface area is 142 Å². The number of carbonyl (C=O) groups is 1. The summed E-state index contributed by atoms with van der Waals surface area (Å²) in [5, 5.41) is 0. The molecule has 0 aliphatic rings. The highest BCUT2D eigenvalue weighted by atomic mass is 19.1. The van der Waals surface area contributed by atoms with Gasteiger partial charge in [-0.15, -0.1) is 0 Å². The third-order valence-electron chi connectivity index (χ3n) is 3.89. The summed E-state index contributed by atoms with van der Waals surface area (Å²) >= 11 is 0. The summed E-state index contributed by atoms with van der Waals surface area (Å²) in [7, 11) is 0. The van der Waals surface area contributed by atoms with E-state index < -0.39 is 17.6 Å². The highest BCUT2D eigenvalue weighted by molar-refractivity contribution is 5.96. The third-order valence-corrected chi connectivity index (χ3v) is 3.89. The van der Waals surface area contributed by atoms with Crippen LogP contribution in [0, 0.1) is 11.6 Å². The number of Topliss-reactive ketones (excluding diaryl/α,β-unsaturated/α-hetero) is 1. The summed E-state index contributed by atoms with van der Waals surface area (Å²) in [6.07, 6.45) is 2.70. The number of rotatable bonds is 5. The first-order valence-electron chi connectivity index (χ1n) is 7.62. The summed E-state index contributed by atoms with van der Waals surface area (Å²) in [4.78, 5) is 30.2. The van der Waals surface area contributed by atoms with Crippen molar-refractivity contribution in [2.24, 2.45) is 0 Å². The number of carbonyl (C=O) groups excluding carboxylic acids is 1. The smallest absolute Gasteiger partial charge is 0.247 e. The summed E-state index contributed by atoms with van der Waals surface area (Å²) in [5.41, 5.74) is 0.689. The zero-order valence-corrected chi connectivity index (χ0v) is 13.1. The van der Waals surface area contributed by atoms with Crippen molar-refractivity contribution in [3.8, 4) is 0 Å². The minimum absolute atomic E-state index is 0.0639. The van der Waals surface area contributed by atoms with Crippen molar-refractivity contribution < 1.29 is 13.6 Å². The van der Waals surface area contributed by atoms with Gasteiger partial charge in [-0.2, -0.15) is 0 Å². The molecule has 0 saturated carbocycles. The Morgan fingerprint density at radius 1 is 1.08 bits per heavy atom. The number of hydrogen-bond donors (Lipinski definition) is 1. The van der Waals surface area contributed by atoms with E-state index in [0.29, 0.717) is 11.1 Å². The second kappa shape index (κ2) is 7.17. The van der Waals surface area contributed by atoms with Gasteiger partial charge in [0.1, 0.15) is 11.6 Å². The quantitative estimate of drug-likeness (QED) is 0.724. The number of benzene rings is 1. The lowest BCUT2D eigenvalue weighted by Crippen LogP contribution is -2.14. The van der Waals surface area contributed by atoms with E-state index >= 15 is 0 Å². The maximum atomic E-state index is 14.2. The summed E-state index contributed by atoms with van der Waals surface area (Å²) in [5.74, 6) is -1.90. The highest BCUT2D eigenvalue weighted by Gasteiger charge is 2.23. The Morgan fingerprint density at radius 2 is 1.84 bits per heavy atom. The summed E-state index contributed by atoms with van der Waals surface area (Å²) in [6.45, 7) is 0. The van der Waals surface area contributed by atoms with Gasteiger partial charge in [-0.1, -0.05) is 12.1 Å². The fraction of sp³-hybridized carbons (Fsp3) is 0.105. The Balaban J connectivity index is 1.98. The van der Waals surface area contributed by atoms with Crippen LogP contribution in [0.3, 0.4) is 0 Å². The van der Waals surface area contributed by atoms with Gasteiger partial charge in [0.15, 0.2) is 5.78 Å². The van der Waals surface area contributed by atoms with Crippen molar-refractivity contribution in [1.82, 2.24) is 9.97 Å². The lowest BCUT2D eigenvalue weighted by atomic mass is 9.88. The minimum atomic E-state index is -0.666. The average Bonchev–Trinajstić information content (AvgIpc) is 2.62. The number of nitrogens with zero attached hydrogens (tertiary/aromatic N) is 1. The van der Waals surface area contributed by atoms with Crippen LogP contribution in [0.1, 0.15) is 34.0 Å². The molecule has 1 atom stereocenters. The van der Waals surface area contributed by atoms with Crippen LogP contribution in [-0.2, 0) is 0 Å². The number of halogens is 2. The highest BCUT2D eigenvalue weighted by Crippen LogP contribution is 2.29. The largest absolute Gasteiger partial charge is 0.328 e. The predicted molar refractivity (Wildman–Crippen MR) is 88.4 cm³/mol. The number of pyridine rings is 2. The van der Waals surface area contributed by atoms with Crippen LogP contribution in [0.15, 0.2) is 65.7 Å². The van der Waals surface area contributed by atoms with E-state index in [9.17, 15) is 18.4 Å². The van der Waals surface area contributed by atoms with Gasteiger partial charge in [0.25, 0.3) is 0 Å². The van der Waals surface area contributed by atoms with E-state index in [1.54, 1.807) is 0 Å². The van der Waals surface area contributed by atoms with Gasteiger partial charge in [0.2, 0.25) is 5.56 Å². The van der Waals surface area contributed by atoms with Crippen LogP contribution >= 0.6 is 0 Å². The molecule has 0 aliphatic heterocycles. The van der Waals surface area contributed by atoms with Crippen LogP contribution in [0.2, 0.25) is 0 Å². The lowest BCUT2D eigenvalue weighted by molar-refractivity contribution is 0.0976. The van der Waals surface area contributed by atoms with E-state index in [0.717, 1.165) is 0 Å². The fourth-order valence-electron chi connectivity index (χ4n) is 2.61. The SMILES string of the molecule is O=C(C[C@@H](c1ccc(F)cc1)c1ncccc1F)c1ccc(=O)[nH]c1. The molecule has 0 aliphatic carbocycles. The Morgan fingerprint density at radius 3 is 2.48 bits per heavy atom. The first-order chi connectivity index (χ1) is 12.0. The second-order valence-electron chi connectivity index (χ2n) is 5.54. The molecule has 126 valence electrons. The standard InChI is InChI=1S/C19H14F2N2O2/c20-14-6-3-12(4-7-14)15(19-16(21)2-1-9-22-19)10-17(24)13-5-8-18(25)23-11-13/h1-9,11,15H,10H2,(H,23,25)/t15-/m0/s1. The van der Waals surface area contributed by atoms with Crippen LogP contribution in [0.4, 0.5) is 8.78 Å². The van der Waals surface area contributed by atoms with Gasteiger partial charge in [-0.25, -0.2) is 8.78 Å². The van der Waals surface area contributed by atoms with Crippen LogP contribution in [0.25, 0.3) is 0 Å². The zero-order valence-electron chi connectivity index (χ0n) is 13.1. The molecule has 6 heteroatoms. The second-order valence-corrected chi connectivity index (χ2v) is 5.54. The monoisotopic (exact) mass is 340 g/mol. The predicted octanol–water partition coefficient (Wildman–Crippen LogP) is 3.45. The van der Waals surface area contributed by atoms with Gasteiger partial charge in [-0.3, -0.25) is 14.6 Å². The van der Waals surface area contributed by atoms with Crippen molar-refractivity contribution in [3.63, 3.8) is 0 Å². The molecule has 25 heavy (non-hydrogen) atoms. The molecule has 0 amide bonds. The maximum Gasteiger partial charge on any atom is 0.247 e. The minimum Gasteiger partial charge on any atom is -0.328 e. The van der Waals surface area contributed by atoms with E-state index in [1.165, 1.54) is 60.9 Å². The molecule has 2 aromatic heterocycles. The Hall–Kier alpha value is -3.15. The summed E-state index contributed by atoms with van der Waals surface area (Å²) in [6, 6.07) is 10.9. The van der Waals surface area contributed by atoms with Crippen LogP contribution in [0.5, 0.6) is 0 Å². The zero-order chi connectivity index (χ0) is 17.8. The maximum absolute atomic E-state index is 14.2. The first kappa shape index (κ1) is 16.7. The molecule has 0 fully saturated rings. The molecular weight excluding hydrogens is 326 g/mol. The Bertz CT molecular complexity index is 932.